The molecule has 0 atom stereocenters. The van der Waals surface area contributed by atoms with E-state index in [9.17, 15) is 9.59 Å². The molecule has 4 nitrogen and oxygen atoms in total. The first-order chi connectivity index (χ1) is 9.99. The Hall–Kier alpha value is -1.36. The van der Waals surface area contributed by atoms with Crippen molar-refractivity contribution in [1.29, 1.82) is 0 Å². The molecule has 1 aromatic rings. The maximum absolute atomic E-state index is 12.5. The third-order valence-electron chi connectivity index (χ3n) is 3.61. The van der Waals surface area contributed by atoms with E-state index in [1.54, 1.807) is 0 Å². The van der Waals surface area contributed by atoms with Crippen LogP contribution >= 0.6 is 15.9 Å². The van der Waals surface area contributed by atoms with Gasteiger partial charge in [0.05, 0.1) is 5.56 Å². The van der Waals surface area contributed by atoms with Gasteiger partial charge < -0.3 is 9.80 Å². The van der Waals surface area contributed by atoms with E-state index in [-0.39, 0.29) is 11.8 Å². The van der Waals surface area contributed by atoms with E-state index in [2.05, 4.69) is 15.9 Å². The molecule has 1 saturated heterocycles. The van der Waals surface area contributed by atoms with Gasteiger partial charge in [-0.05, 0) is 34.0 Å². The molecule has 0 aromatic heterocycles. The minimum absolute atomic E-state index is 0.0263. The fraction of sp³-hybridized carbons (Fsp3) is 0.500. The average Bonchev–Trinajstić information content (AvgIpc) is 2.46. The quantitative estimate of drug-likeness (QED) is 0.839. The molecule has 0 bridgehead atoms. The molecule has 1 aliphatic rings. The summed E-state index contributed by atoms with van der Waals surface area (Å²) in [7, 11) is 0. The molecule has 0 unspecified atom stereocenters. The number of hydrogen-bond donors (Lipinski definition) is 0. The van der Waals surface area contributed by atoms with Gasteiger partial charge in [0.25, 0.3) is 5.91 Å². The smallest absolute Gasteiger partial charge is 0.255 e. The molecule has 1 aromatic carbocycles. The van der Waals surface area contributed by atoms with Crippen LogP contribution in [0.15, 0.2) is 28.7 Å². The summed E-state index contributed by atoms with van der Waals surface area (Å²) in [6.45, 7) is 6.55. The molecular formula is C16H21BrN2O2. The number of carbonyl (C=O) groups excluding carboxylic acids is 2. The number of benzene rings is 1. The van der Waals surface area contributed by atoms with Crippen LogP contribution in [-0.2, 0) is 4.79 Å². The number of carbonyl (C=O) groups is 2. The van der Waals surface area contributed by atoms with Crippen molar-refractivity contribution < 1.29 is 9.59 Å². The number of halogens is 1. The number of nitrogens with zero attached hydrogens (tertiary/aromatic N) is 2. The van der Waals surface area contributed by atoms with Gasteiger partial charge in [0, 0.05) is 37.1 Å². The molecule has 2 amide bonds. The Labute approximate surface area is 134 Å². The van der Waals surface area contributed by atoms with Crippen LogP contribution in [-0.4, -0.2) is 47.8 Å². The maximum Gasteiger partial charge on any atom is 0.255 e. The van der Waals surface area contributed by atoms with Crippen molar-refractivity contribution >= 4 is 27.7 Å². The standard InChI is InChI=1S/C16H21BrN2O2/c1-12(2)11-15(20)18-7-9-19(10-8-18)16(21)13-5-3-4-6-14(13)17/h3-6,12H,7-11H2,1-2H3. The summed E-state index contributed by atoms with van der Waals surface area (Å²) in [5.41, 5.74) is 0.680. The van der Waals surface area contributed by atoms with Gasteiger partial charge >= 0.3 is 0 Å². The third kappa shape index (κ3) is 4.06. The number of amides is 2. The molecule has 0 aliphatic carbocycles. The molecular weight excluding hydrogens is 332 g/mol. The molecule has 5 heteroatoms. The van der Waals surface area contributed by atoms with Gasteiger partial charge in [0.15, 0.2) is 0 Å². The van der Waals surface area contributed by atoms with Crippen molar-refractivity contribution in [2.45, 2.75) is 20.3 Å². The Kier molecular flexibility index (Phi) is 5.39. The summed E-state index contributed by atoms with van der Waals surface area (Å²) in [5, 5.41) is 0. The maximum atomic E-state index is 12.5. The summed E-state index contributed by atoms with van der Waals surface area (Å²) in [4.78, 5) is 28.2. The number of rotatable bonds is 3. The van der Waals surface area contributed by atoms with Crippen LogP contribution in [0.2, 0.25) is 0 Å². The summed E-state index contributed by atoms with van der Waals surface area (Å²) in [5.74, 6) is 0.592. The highest BCUT2D eigenvalue weighted by atomic mass is 79.9. The van der Waals surface area contributed by atoms with Crippen LogP contribution in [0.1, 0.15) is 30.6 Å². The van der Waals surface area contributed by atoms with Crippen LogP contribution in [0.3, 0.4) is 0 Å². The molecule has 21 heavy (non-hydrogen) atoms. The zero-order chi connectivity index (χ0) is 15.4. The zero-order valence-electron chi connectivity index (χ0n) is 12.5. The molecule has 0 N–H and O–H groups in total. The van der Waals surface area contributed by atoms with Crippen molar-refractivity contribution in [3.8, 4) is 0 Å². The predicted molar refractivity (Wildman–Crippen MR) is 86.1 cm³/mol. The summed E-state index contributed by atoms with van der Waals surface area (Å²) >= 11 is 3.41. The van der Waals surface area contributed by atoms with E-state index in [1.165, 1.54) is 0 Å². The lowest BCUT2D eigenvalue weighted by atomic mass is 10.1. The molecule has 114 valence electrons. The van der Waals surface area contributed by atoms with E-state index in [4.69, 9.17) is 0 Å². The van der Waals surface area contributed by atoms with Crippen molar-refractivity contribution in [3.05, 3.63) is 34.3 Å². The summed E-state index contributed by atoms with van der Waals surface area (Å²) < 4.78 is 0.813. The second-order valence-electron chi connectivity index (χ2n) is 5.75. The highest BCUT2D eigenvalue weighted by Gasteiger charge is 2.25. The van der Waals surface area contributed by atoms with E-state index in [0.29, 0.717) is 44.1 Å². The molecule has 0 spiro atoms. The SMILES string of the molecule is CC(C)CC(=O)N1CCN(C(=O)c2ccccc2Br)CC1. The first-order valence-corrected chi connectivity index (χ1v) is 8.10. The van der Waals surface area contributed by atoms with Gasteiger partial charge in [-0.3, -0.25) is 9.59 Å². The largest absolute Gasteiger partial charge is 0.339 e. The Morgan fingerprint density at radius 2 is 1.67 bits per heavy atom. The van der Waals surface area contributed by atoms with Gasteiger partial charge in [-0.15, -0.1) is 0 Å². The predicted octanol–water partition coefficient (Wildman–Crippen LogP) is 2.78. The van der Waals surface area contributed by atoms with Gasteiger partial charge in [-0.25, -0.2) is 0 Å². The Morgan fingerprint density at radius 3 is 2.24 bits per heavy atom. The second-order valence-corrected chi connectivity index (χ2v) is 6.61. The first kappa shape index (κ1) is 16.0. The topological polar surface area (TPSA) is 40.6 Å². The van der Waals surface area contributed by atoms with Crippen LogP contribution in [0.5, 0.6) is 0 Å². The van der Waals surface area contributed by atoms with Crippen LogP contribution in [0, 0.1) is 5.92 Å². The van der Waals surface area contributed by atoms with Crippen LogP contribution in [0.4, 0.5) is 0 Å². The van der Waals surface area contributed by atoms with Crippen molar-refractivity contribution in [2.75, 3.05) is 26.2 Å². The molecule has 1 heterocycles. The third-order valence-corrected chi connectivity index (χ3v) is 4.30. The lowest BCUT2D eigenvalue weighted by molar-refractivity contribution is -0.133. The molecule has 1 fully saturated rings. The van der Waals surface area contributed by atoms with Crippen molar-refractivity contribution in [1.82, 2.24) is 9.80 Å². The molecule has 0 saturated carbocycles. The zero-order valence-corrected chi connectivity index (χ0v) is 14.1. The van der Waals surface area contributed by atoms with Gasteiger partial charge in [-0.1, -0.05) is 26.0 Å². The summed E-state index contributed by atoms with van der Waals surface area (Å²) in [6.07, 6.45) is 0.582. The normalized spacial score (nSPS) is 15.4. The van der Waals surface area contributed by atoms with E-state index in [0.717, 1.165) is 4.47 Å². The van der Waals surface area contributed by atoms with E-state index >= 15 is 0 Å². The average molecular weight is 353 g/mol. The highest BCUT2D eigenvalue weighted by molar-refractivity contribution is 9.10. The van der Waals surface area contributed by atoms with Gasteiger partial charge in [0.1, 0.15) is 0 Å². The van der Waals surface area contributed by atoms with Gasteiger partial charge in [0.2, 0.25) is 5.91 Å². The second kappa shape index (κ2) is 7.07. The first-order valence-electron chi connectivity index (χ1n) is 7.30. The van der Waals surface area contributed by atoms with Crippen LogP contribution in [0.25, 0.3) is 0 Å². The van der Waals surface area contributed by atoms with E-state index < -0.39 is 0 Å². The Morgan fingerprint density at radius 1 is 1.10 bits per heavy atom. The minimum atomic E-state index is 0.0263. The molecule has 2 rings (SSSR count). The lowest BCUT2D eigenvalue weighted by Crippen LogP contribution is -2.50. The fourth-order valence-corrected chi connectivity index (χ4v) is 2.90. The minimum Gasteiger partial charge on any atom is -0.339 e. The van der Waals surface area contributed by atoms with Crippen molar-refractivity contribution in [3.63, 3.8) is 0 Å². The Balaban J connectivity index is 1.94. The fourth-order valence-electron chi connectivity index (χ4n) is 2.44. The number of piperazine rings is 1. The number of hydrogen-bond acceptors (Lipinski definition) is 2. The van der Waals surface area contributed by atoms with Gasteiger partial charge in [-0.2, -0.15) is 0 Å². The summed E-state index contributed by atoms with van der Waals surface area (Å²) in [6, 6.07) is 7.45. The lowest BCUT2D eigenvalue weighted by Gasteiger charge is -2.35. The van der Waals surface area contributed by atoms with E-state index in [1.807, 2.05) is 47.9 Å². The van der Waals surface area contributed by atoms with Crippen LogP contribution < -0.4 is 0 Å². The highest BCUT2D eigenvalue weighted by Crippen LogP contribution is 2.19. The van der Waals surface area contributed by atoms with Crippen molar-refractivity contribution in [2.24, 2.45) is 5.92 Å². The molecule has 0 radical (unpaired) electrons. The Bertz CT molecular complexity index is 523. The monoisotopic (exact) mass is 352 g/mol. The molecule has 1 aliphatic heterocycles.